The molecular weight excluding hydrogens is 395 g/mol. The maximum Gasteiger partial charge on any atom is 0.413 e. The minimum Gasteiger partial charge on any atom is -0.465 e. The van der Waals surface area contributed by atoms with Gasteiger partial charge in [-0.15, -0.1) is 0 Å². The number of carbonyl (C=O) groups is 1. The number of H-pyrrole nitrogens is 1. The van der Waals surface area contributed by atoms with Crippen molar-refractivity contribution in [3.8, 4) is 0 Å². The number of aromatic nitrogens is 2. The van der Waals surface area contributed by atoms with Gasteiger partial charge >= 0.3 is 6.09 Å². The van der Waals surface area contributed by atoms with Crippen molar-refractivity contribution in [2.24, 2.45) is 0 Å². The average molecular weight is 427 g/mol. The quantitative estimate of drug-likeness (QED) is 0.275. The zero-order valence-corrected chi connectivity index (χ0v) is 18.2. The van der Waals surface area contributed by atoms with Crippen molar-refractivity contribution in [3.05, 3.63) is 54.7 Å². The molecule has 0 radical (unpaired) electrons. The number of anilines is 2. The molecule has 1 aromatic carbocycles. The standard InChI is InChI=1S/C24H31FN4O2/c1-3-5-6-7-8-23(28(15-4-2)22-12-13-26-17-20(22)25)29(24(30)31)19-9-10-21-18(16-19)11-14-27-21/h9-14,16-17,23,27H,3-8,15H2,1-2H3,(H,30,31). The van der Waals surface area contributed by atoms with E-state index in [0.717, 1.165) is 43.0 Å². The molecule has 2 N–H and O–H groups in total. The first-order valence-electron chi connectivity index (χ1n) is 11.0. The van der Waals surface area contributed by atoms with Gasteiger partial charge in [-0.25, -0.2) is 9.18 Å². The molecule has 0 saturated carbocycles. The van der Waals surface area contributed by atoms with Crippen molar-refractivity contribution in [1.82, 2.24) is 9.97 Å². The molecule has 7 heteroatoms. The monoisotopic (exact) mass is 426 g/mol. The highest BCUT2D eigenvalue weighted by Crippen LogP contribution is 2.30. The summed E-state index contributed by atoms with van der Waals surface area (Å²) < 4.78 is 14.7. The van der Waals surface area contributed by atoms with E-state index in [0.29, 0.717) is 24.3 Å². The minimum atomic E-state index is -1.05. The summed E-state index contributed by atoms with van der Waals surface area (Å²) >= 11 is 0. The van der Waals surface area contributed by atoms with Crippen LogP contribution in [0.5, 0.6) is 0 Å². The second-order valence-corrected chi connectivity index (χ2v) is 7.75. The number of rotatable bonds is 11. The fourth-order valence-corrected chi connectivity index (χ4v) is 4.05. The number of fused-ring (bicyclic) bond motifs is 1. The summed E-state index contributed by atoms with van der Waals surface area (Å²) in [7, 11) is 0. The lowest BCUT2D eigenvalue weighted by atomic mass is 10.1. The first-order valence-corrected chi connectivity index (χ1v) is 11.0. The Kier molecular flexibility index (Phi) is 7.87. The number of pyridine rings is 1. The lowest BCUT2D eigenvalue weighted by molar-refractivity contribution is 0.197. The number of hydrogen-bond acceptors (Lipinski definition) is 3. The molecule has 0 spiro atoms. The third-order valence-electron chi connectivity index (χ3n) is 5.52. The first-order chi connectivity index (χ1) is 15.1. The number of benzene rings is 1. The zero-order valence-electron chi connectivity index (χ0n) is 18.2. The Hall–Kier alpha value is -3.09. The molecule has 2 aromatic heterocycles. The molecule has 3 aromatic rings. The Labute approximate surface area is 182 Å². The van der Waals surface area contributed by atoms with Crippen molar-refractivity contribution in [2.45, 2.75) is 58.5 Å². The van der Waals surface area contributed by atoms with Gasteiger partial charge < -0.3 is 15.0 Å². The highest BCUT2D eigenvalue weighted by Gasteiger charge is 2.31. The largest absolute Gasteiger partial charge is 0.465 e. The van der Waals surface area contributed by atoms with Gasteiger partial charge in [-0.05, 0) is 49.6 Å². The second kappa shape index (κ2) is 10.8. The van der Waals surface area contributed by atoms with E-state index in [9.17, 15) is 14.3 Å². The van der Waals surface area contributed by atoms with Crippen LogP contribution in [0.25, 0.3) is 10.9 Å². The van der Waals surface area contributed by atoms with Gasteiger partial charge in [-0.2, -0.15) is 0 Å². The zero-order chi connectivity index (χ0) is 22.2. The third-order valence-corrected chi connectivity index (χ3v) is 5.52. The van der Waals surface area contributed by atoms with E-state index >= 15 is 0 Å². The van der Waals surface area contributed by atoms with Crippen LogP contribution in [0.1, 0.15) is 52.4 Å². The summed E-state index contributed by atoms with van der Waals surface area (Å²) in [5.41, 5.74) is 1.90. The number of carboxylic acid groups (broad SMARTS) is 1. The molecule has 1 atom stereocenters. The van der Waals surface area contributed by atoms with Crippen LogP contribution in [0.15, 0.2) is 48.9 Å². The summed E-state index contributed by atoms with van der Waals surface area (Å²) in [6, 6.07) is 9.10. The lowest BCUT2D eigenvalue weighted by Crippen LogP contribution is -2.52. The molecular formula is C24H31FN4O2. The van der Waals surface area contributed by atoms with E-state index < -0.39 is 18.1 Å². The van der Waals surface area contributed by atoms with E-state index in [-0.39, 0.29) is 0 Å². The van der Waals surface area contributed by atoms with Gasteiger partial charge in [0.05, 0.1) is 11.9 Å². The third kappa shape index (κ3) is 5.34. The van der Waals surface area contributed by atoms with Crippen LogP contribution in [0.3, 0.4) is 0 Å². The topological polar surface area (TPSA) is 72.5 Å². The van der Waals surface area contributed by atoms with Crippen LogP contribution < -0.4 is 9.80 Å². The molecule has 1 unspecified atom stereocenters. The Balaban J connectivity index is 2.04. The molecule has 6 nitrogen and oxygen atoms in total. The Morgan fingerprint density at radius 2 is 2.00 bits per heavy atom. The number of amides is 1. The number of unbranched alkanes of at least 4 members (excludes halogenated alkanes) is 3. The Morgan fingerprint density at radius 3 is 2.71 bits per heavy atom. The van der Waals surface area contributed by atoms with Crippen LogP contribution >= 0.6 is 0 Å². The molecule has 31 heavy (non-hydrogen) atoms. The Bertz CT molecular complexity index is 990. The Morgan fingerprint density at radius 1 is 1.16 bits per heavy atom. The van der Waals surface area contributed by atoms with Gasteiger partial charge in [0.1, 0.15) is 6.17 Å². The normalized spacial score (nSPS) is 12.1. The molecule has 0 aliphatic rings. The van der Waals surface area contributed by atoms with Crippen molar-refractivity contribution >= 4 is 28.4 Å². The average Bonchev–Trinajstić information content (AvgIpc) is 3.22. The highest BCUT2D eigenvalue weighted by molar-refractivity contribution is 5.92. The van der Waals surface area contributed by atoms with Gasteiger partial charge in [-0.1, -0.05) is 33.1 Å². The summed E-state index contributed by atoms with van der Waals surface area (Å²) in [5.74, 6) is -0.444. The fraction of sp³-hybridized carbons (Fsp3) is 0.417. The van der Waals surface area contributed by atoms with Crippen LogP contribution in [0.4, 0.5) is 20.6 Å². The van der Waals surface area contributed by atoms with Crippen molar-refractivity contribution in [1.29, 1.82) is 0 Å². The van der Waals surface area contributed by atoms with Crippen molar-refractivity contribution < 1.29 is 14.3 Å². The van der Waals surface area contributed by atoms with E-state index in [1.807, 2.05) is 36.2 Å². The highest BCUT2D eigenvalue weighted by atomic mass is 19.1. The van der Waals surface area contributed by atoms with Crippen LogP contribution in [0, 0.1) is 5.82 Å². The maximum absolute atomic E-state index is 14.7. The number of nitrogens with one attached hydrogen (secondary N) is 1. The smallest absolute Gasteiger partial charge is 0.413 e. The number of nitrogens with zero attached hydrogens (tertiary/aromatic N) is 3. The first kappa shape index (κ1) is 22.6. The molecule has 1 amide bonds. The van der Waals surface area contributed by atoms with Gasteiger partial charge in [0, 0.05) is 35.5 Å². The van der Waals surface area contributed by atoms with Gasteiger partial charge in [0.15, 0.2) is 5.82 Å². The van der Waals surface area contributed by atoms with Gasteiger partial charge in [0.25, 0.3) is 0 Å². The van der Waals surface area contributed by atoms with E-state index in [2.05, 4.69) is 16.9 Å². The summed E-state index contributed by atoms with van der Waals surface area (Å²) in [6.07, 6.45) is 8.41. The van der Waals surface area contributed by atoms with E-state index in [1.54, 1.807) is 18.3 Å². The van der Waals surface area contributed by atoms with Crippen LogP contribution in [-0.2, 0) is 0 Å². The van der Waals surface area contributed by atoms with Crippen LogP contribution in [0.2, 0.25) is 0 Å². The maximum atomic E-state index is 14.7. The minimum absolute atomic E-state index is 0.381. The molecule has 3 rings (SSSR count). The van der Waals surface area contributed by atoms with Gasteiger partial charge in [0.2, 0.25) is 0 Å². The van der Waals surface area contributed by atoms with E-state index in [4.69, 9.17) is 0 Å². The summed E-state index contributed by atoms with van der Waals surface area (Å²) in [5, 5.41) is 11.2. The van der Waals surface area contributed by atoms with E-state index in [1.165, 1.54) is 11.1 Å². The molecule has 0 aliphatic heterocycles. The predicted molar refractivity (Wildman–Crippen MR) is 123 cm³/mol. The SMILES string of the molecule is CCCCCCC(N(CCC)c1ccncc1F)N(C(=O)O)c1ccc2[nH]ccc2c1. The lowest BCUT2D eigenvalue weighted by Gasteiger charge is -2.40. The van der Waals surface area contributed by atoms with Crippen molar-refractivity contribution in [2.75, 3.05) is 16.3 Å². The van der Waals surface area contributed by atoms with Crippen molar-refractivity contribution in [3.63, 3.8) is 0 Å². The molecule has 2 heterocycles. The molecule has 0 saturated heterocycles. The molecule has 0 aliphatic carbocycles. The second-order valence-electron chi connectivity index (χ2n) is 7.75. The molecule has 0 bridgehead atoms. The van der Waals surface area contributed by atoms with Gasteiger partial charge in [-0.3, -0.25) is 9.88 Å². The summed E-state index contributed by atoms with van der Waals surface area (Å²) in [4.78, 5) is 22.8. The summed E-state index contributed by atoms with van der Waals surface area (Å²) in [6.45, 7) is 4.69. The van der Waals surface area contributed by atoms with Crippen LogP contribution in [-0.4, -0.2) is 33.9 Å². The molecule has 0 fully saturated rings. The fourth-order valence-electron chi connectivity index (χ4n) is 4.05. The number of halogens is 1. The number of hydrogen-bond donors (Lipinski definition) is 2. The predicted octanol–water partition coefficient (Wildman–Crippen LogP) is 6.40. The number of aromatic amines is 1. The molecule has 166 valence electrons.